The van der Waals surface area contributed by atoms with E-state index in [0.717, 1.165) is 0 Å². The Morgan fingerprint density at radius 1 is 0.179 bits per heavy atom. The molecule has 0 radical (unpaired) electrons. The van der Waals surface area contributed by atoms with E-state index in [-0.39, 0.29) is 0 Å². The third-order valence-corrected chi connectivity index (χ3v) is 12.2. The summed E-state index contributed by atoms with van der Waals surface area (Å²) in [6.07, 6.45) is 0. The van der Waals surface area contributed by atoms with Crippen molar-refractivity contribution in [2.24, 2.45) is 0 Å². The summed E-state index contributed by atoms with van der Waals surface area (Å²) in [6, 6.07) is 76.6. The van der Waals surface area contributed by atoms with Gasteiger partial charge in [-0.1, -0.05) is 188 Å². The molecule has 0 N–H and O–H groups in total. The minimum Gasteiger partial charge on any atom is -0.0616 e. The number of fused-ring (bicyclic) bond motifs is 5. The Morgan fingerprint density at radius 2 is 0.625 bits per heavy atom. The standard InChI is InChI=1S/C56H34/c1-3-11-45-35(8-1)10-7-15-46(45)36-16-18-37(19-17-36)48-28-24-38-27-31-53-49(29-25-39-26-30-52(48)55(38)56(39)53)43-22-20-41-33-44(23-21-40(41)32-43)54-34-42-9-2-4-12-47(42)50-13-5-6-14-51(50)54/h1-34H. The molecule has 0 spiro atoms. The first kappa shape index (κ1) is 31.1. The Hall–Kier alpha value is -7.28. The van der Waals surface area contributed by atoms with Crippen molar-refractivity contribution >= 4 is 75.4 Å². The van der Waals surface area contributed by atoms with Gasteiger partial charge in [0.1, 0.15) is 0 Å². The van der Waals surface area contributed by atoms with Crippen LogP contribution in [0.15, 0.2) is 206 Å². The van der Waals surface area contributed by atoms with Crippen LogP contribution in [0.1, 0.15) is 0 Å². The van der Waals surface area contributed by atoms with E-state index in [4.69, 9.17) is 0 Å². The second-order valence-electron chi connectivity index (χ2n) is 15.2. The quantitative estimate of drug-likeness (QED) is 0.160. The molecule has 0 nitrogen and oxygen atoms in total. The minimum absolute atomic E-state index is 1.23. The number of rotatable bonds is 4. The van der Waals surface area contributed by atoms with Crippen molar-refractivity contribution < 1.29 is 0 Å². The average Bonchev–Trinajstić information content (AvgIpc) is 3.27. The normalized spacial score (nSPS) is 11.9. The van der Waals surface area contributed by atoms with Crippen LogP contribution in [-0.4, -0.2) is 0 Å². The van der Waals surface area contributed by atoms with Gasteiger partial charge in [0.05, 0.1) is 0 Å². The molecule has 12 aromatic carbocycles. The first-order chi connectivity index (χ1) is 27.7. The van der Waals surface area contributed by atoms with Gasteiger partial charge in [0, 0.05) is 0 Å². The SMILES string of the molecule is c1ccc2c(-c3ccc(-c4ccc5ccc6c(-c7ccc8cc(-c9cc%10ccccc%10c%10ccccc9%10)ccc8c7)ccc7ccc4c5c76)cc3)cccc2c1. The summed E-state index contributed by atoms with van der Waals surface area (Å²) in [5.74, 6) is 0. The second-order valence-corrected chi connectivity index (χ2v) is 15.2. The van der Waals surface area contributed by atoms with Crippen molar-refractivity contribution in [3.05, 3.63) is 206 Å². The first-order valence-electron chi connectivity index (χ1n) is 19.5. The van der Waals surface area contributed by atoms with E-state index < -0.39 is 0 Å². The van der Waals surface area contributed by atoms with Gasteiger partial charge in [-0.2, -0.15) is 0 Å². The molecule has 0 aliphatic rings. The molecule has 0 saturated carbocycles. The first-order valence-corrected chi connectivity index (χ1v) is 19.5. The summed E-state index contributed by atoms with van der Waals surface area (Å²) in [4.78, 5) is 0. The van der Waals surface area contributed by atoms with Crippen LogP contribution < -0.4 is 0 Å². The average molecular weight is 707 g/mol. The summed E-state index contributed by atoms with van der Waals surface area (Å²) in [6.45, 7) is 0. The van der Waals surface area contributed by atoms with Gasteiger partial charge in [0.2, 0.25) is 0 Å². The van der Waals surface area contributed by atoms with Crippen LogP contribution in [-0.2, 0) is 0 Å². The lowest BCUT2D eigenvalue weighted by Gasteiger charge is -2.17. The molecular formula is C56H34. The molecule has 0 unspecified atom stereocenters. The van der Waals surface area contributed by atoms with Crippen LogP contribution in [0.25, 0.3) is 120 Å². The molecule has 0 fully saturated rings. The van der Waals surface area contributed by atoms with Crippen LogP contribution >= 0.6 is 0 Å². The molecule has 0 saturated heterocycles. The van der Waals surface area contributed by atoms with Crippen LogP contribution in [0.2, 0.25) is 0 Å². The van der Waals surface area contributed by atoms with E-state index in [2.05, 4.69) is 206 Å². The summed E-state index contributed by atoms with van der Waals surface area (Å²) in [5, 5.41) is 18.0. The maximum absolute atomic E-state index is 2.37. The van der Waals surface area contributed by atoms with Gasteiger partial charge in [-0.3, -0.25) is 0 Å². The maximum Gasteiger partial charge on any atom is -0.00203 e. The highest BCUT2D eigenvalue weighted by Crippen LogP contribution is 2.44. The molecule has 0 atom stereocenters. The van der Waals surface area contributed by atoms with Crippen molar-refractivity contribution in [3.63, 3.8) is 0 Å². The van der Waals surface area contributed by atoms with Gasteiger partial charge >= 0.3 is 0 Å². The Kier molecular flexibility index (Phi) is 6.73. The summed E-state index contributed by atoms with van der Waals surface area (Å²) < 4.78 is 0. The third-order valence-electron chi connectivity index (χ3n) is 12.2. The highest BCUT2D eigenvalue weighted by atomic mass is 14.2. The van der Waals surface area contributed by atoms with Gasteiger partial charge in [-0.25, -0.2) is 0 Å². The predicted octanol–water partition coefficient (Wildman–Crippen LogP) is 15.9. The Balaban J connectivity index is 0.955. The fourth-order valence-corrected chi connectivity index (χ4v) is 9.48. The van der Waals surface area contributed by atoms with E-state index in [9.17, 15) is 0 Å². The van der Waals surface area contributed by atoms with Crippen molar-refractivity contribution in [3.8, 4) is 44.5 Å². The molecule has 258 valence electrons. The monoisotopic (exact) mass is 706 g/mol. The van der Waals surface area contributed by atoms with E-state index in [1.54, 1.807) is 0 Å². The lowest BCUT2D eigenvalue weighted by Crippen LogP contribution is -1.90. The van der Waals surface area contributed by atoms with Gasteiger partial charge in [0.15, 0.2) is 0 Å². The van der Waals surface area contributed by atoms with Gasteiger partial charge in [-0.05, 0) is 138 Å². The molecular weight excluding hydrogens is 673 g/mol. The minimum atomic E-state index is 1.23. The highest BCUT2D eigenvalue weighted by molar-refractivity contribution is 6.27. The Labute approximate surface area is 324 Å². The van der Waals surface area contributed by atoms with Crippen LogP contribution in [0.3, 0.4) is 0 Å². The molecule has 0 aliphatic heterocycles. The lowest BCUT2D eigenvalue weighted by molar-refractivity contribution is 1.63. The van der Waals surface area contributed by atoms with E-state index >= 15 is 0 Å². The number of hydrogen-bond acceptors (Lipinski definition) is 0. The number of hydrogen-bond donors (Lipinski definition) is 0. The molecule has 56 heavy (non-hydrogen) atoms. The van der Waals surface area contributed by atoms with Crippen molar-refractivity contribution in [2.45, 2.75) is 0 Å². The van der Waals surface area contributed by atoms with Crippen molar-refractivity contribution in [1.29, 1.82) is 0 Å². The molecule has 12 rings (SSSR count). The van der Waals surface area contributed by atoms with E-state index in [1.165, 1.54) is 120 Å². The fraction of sp³-hybridized carbons (Fsp3) is 0. The van der Waals surface area contributed by atoms with Crippen LogP contribution in [0.4, 0.5) is 0 Å². The van der Waals surface area contributed by atoms with Crippen LogP contribution in [0, 0.1) is 0 Å². The largest absolute Gasteiger partial charge is 0.0616 e. The highest BCUT2D eigenvalue weighted by Gasteiger charge is 2.16. The second kappa shape index (κ2) is 12.1. The van der Waals surface area contributed by atoms with E-state index in [1.807, 2.05) is 0 Å². The van der Waals surface area contributed by atoms with Crippen LogP contribution in [0.5, 0.6) is 0 Å². The van der Waals surface area contributed by atoms with Gasteiger partial charge < -0.3 is 0 Å². The van der Waals surface area contributed by atoms with E-state index in [0.29, 0.717) is 0 Å². The zero-order chi connectivity index (χ0) is 36.7. The fourth-order valence-electron chi connectivity index (χ4n) is 9.48. The van der Waals surface area contributed by atoms with Gasteiger partial charge in [-0.15, -0.1) is 0 Å². The molecule has 0 aromatic heterocycles. The molecule has 0 bridgehead atoms. The topological polar surface area (TPSA) is 0 Å². The maximum atomic E-state index is 2.37. The summed E-state index contributed by atoms with van der Waals surface area (Å²) in [7, 11) is 0. The predicted molar refractivity (Wildman–Crippen MR) is 242 cm³/mol. The smallest absolute Gasteiger partial charge is 0.00203 e. The molecule has 0 aliphatic carbocycles. The summed E-state index contributed by atoms with van der Waals surface area (Å²) in [5.41, 5.74) is 10.0. The Morgan fingerprint density at radius 3 is 1.29 bits per heavy atom. The van der Waals surface area contributed by atoms with Crippen molar-refractivity contribution in [1.82, 2.24) is 0 Å². The summed E-state index contributed by atoms with van der Waals surface area (Å²) >= 11 is 0. The molecule has 0 heterocycles. The lowest BCUT2D eigenvalue weighted by atomic mass is 9.86. The zero-order valence-corrected chi connectivity index (χ0v) is 30.6. The molecule has 0 heteroatoms. The van der Waals surface area contributed by atoms with Gasteiger partial charge in [0.25, 0.3) is 0 Å². The van der Waals surface area contributed by atoms with Crippen molar-refractivity contribution in [2.75, 3.05) is 0 Å². The molecule has 12 aromatic rings. The molecule has 0 amide bonds. The third kappa shape index (κ3) is 4.73. The number of benzene rings is 12. The zero-order valence-electron chi connectivity index (χ0n) is 30.6. The Bertz CT molecular complexity index is 3510.